The van der Waals surface area contributed by atoms with Gasteiger partial charge in [-0.05, 0) is 37.0 Å². The minimum atomic E-state index is -4.24. The lowest BCUT2D eigenvalue weighted by Gasteiger charge is -2.29. The molecule has 1 saturated carbocycles. The Morgan fingerprint density at radius 3 is 2.78 bits per heavy atom. The number of carbonyl (C=O) groups excluding carboxylic acids is 1. The smallest absolute Gasteiger partial charge is 0.391 e. The molecule has 126 valence electrons. The summed E-state index contributed by atoms with van der Waals surface area (Å²) < 4.78 is 53.9. The third kappa shape index (κ3) is 3.71. The Kier molecular flexibility index (Phi) is 4.37. The van der Waals surface area contributed by atoms with Crippen LogP contribution in [0.1, 0.15) is 31.2 Å². The molecule has 0 N–H and O–H groups in total. The van der Waals surface area contributed by atoms with Crippen LogP contribution in [0.5, 0.6) is 11.5 Å². The minimum Gasteiger partial charge on any atom is -0.461 e. The predicted molar refractivity (Wildman–Crippen MR) is 73.9 cm³/mol. The summed E-state index contributed by atoms with van der Waals surface area (Å²) in [6.07, 6.45) is -3.48. The van der Waals surface area contributed by atoms with Crippen molar-refractivity contribution in [3.8, 4) is 11.5 Å². The molecule has 2 atom stereocenters. The molecule has 1 aliphatic heterocycles. The van der Waals surface area contributed by atoms with E-state index in [-0.39, 0.29) is 26.2 Å². The quantitative estimate of drug-likeness (QED) is 0.790. The second kappa shape index (κ2) is 6.29. The van der Waals surface area contributed by atoms with Gasteiger partial charge < -0.3 is 14.2 Å². The van der Waals surface area contributed by atoms with E-state index >= 15 is 0 Å². The molecule has 0 bridgehead atoms. The molecule has 2 unspecified atom stereocenters. The van der Waals surface area contributed by atoms with Gasteiger partial charge in [0.15, 0.2) is 11.5 Å². The van der Waals surface area contributed by atoms with E-state index in [2.05, 4.69) is 0 Å². The van der Waals surface area contributed by atoms with Gasteiger partial charge in [0.05, 0.1) is 11.8 Å². The van der Waals surface area contributed by atoms with Crippen LogP contribution in [0.4, 0.5) is 13.2 Å². The fourth-order valence-electron chi connectivity index (χ4n) is 3.00. The molecule has 1 heterocycles. The monoisotopic (exact) mass is 330 g/mol. The van der Waals surface area contributed by atoms with Gasteiger partial charge >= 0.3 is 12.1 Å². The van der Waals surface area contributed by atoms with Gasteiger partial charge in [-0.2, -0.15) is 13.2 Å². The van der Waals surface area contributed by atoms with Gasteiger partial charge in [-0.15, -0.1) is 0 Å². The number of carbonyl (C=O) groups is 1. The zero-order valence-corrected chi connectivity index (χ0v) is 12.4. The predicted octanol–water partition coefficient (Wildman–Crippen LogP) is 3.83. The van der Waals surface area contributed by atoms with Gasteiger partial charge in [-0.1, -0.05) is 12.5 Å². The molecule has 1 fully saturated rings. The van der Waals surface area contributed by atoms with Crippen LogP contribution in [0.2, 0.25) is 0 Å². The number of hydrogen-bond acceptors (Lipinski definition) is 4. The second-order valence-electron chi connectivity index (χ2n) is 5.90. The van der Waals surface area contributed by atoms with E-state index in [0.29, 0.717) is 29.9 Å². The molecule has 2 aliphatic rings. The van der Waals surface area contributed by atoms with Gasteiger partial charge in [-0.3, -0.25) is 4.79 Å². The van der Waals surface area contributed by atoms with E-state index in [1.54, 1.807) is 18.2 Å². The van der Waals surface area contributed by atoms with Gasteiger partial charge in [0.2, 0.25) is 6.79 Å². The highest BCUT2D eigenvalue weighted by atomic mass is 19.4. The number of benzene rings is 1. The third-order valence-corrected chi connectivity index (χ3v) is 4.29. The molecule has 0 saturated heterocycles. The third-order valence-electron chi connectivity index (χ3n) is 4.29. The van der Waals surface area contributed by atoms with Gasteiger partial charge in [0.1, 0.15) is 6.61 Å². The zero-order valence-electron chi connectivity index (χ0n) is 12.4. The Labute approximate surface area is 131 Å². The van der Waals surface area contributed by atoms with Crippen molar-refractivity contribution in [1.82, 2.24) is 0 Å². The average Bonchev–Trinajstić information content (AvgIpc) is 2.99. The van der Waals surface area contributed by atoms with E-state index in [1.807, 2.05) is 0 Å². The molecule has 7 heteroatoms. The van der Waals surface area contributed by atoms with Crippen molar-refractivity contribution in [2.45, 2.75) is 38.5 Å². The lowest BCUT2D eigenvalue weighted by Crippen LogP contribution is -2.32. The van der Waals surface area contributed by atoms with Gasteiger partial charge in [0.25, 0.3) is 0 Å². The summed E-state index contributed by atoms with van der Waals surface area (Å²) in [6.45, 7) is 0.169. The summed E-state index contributed by atoms with van der Waals surface area (Å²) in [7, 11) is 0. The largest absolute Gasteiger partial charge is 0.461 e. The van der Waals surface area contributed by atoms with Crippen molar-refractivity contribution >= 4 is 5.97 Å². The van der Waals surface area contributed by atoms with E-state index < -0.39 is 24.0 Å². The van der Waals surface area contributed by atoms with Gasteiger partial charge in [0, 0.05) is 0 Å². The summed E-state index contributed by atoms with van der Waals surface area (Å²) in [6, 6.07) is 5.15. The first-order valence-corrected chi connectivity index (χ1v) is 7.55. The number of alkyl halides is 3. The van der Waals surface area contributed by atoms with Crippen LogP contribution in [-0.2, 0) is 16.1 Å². The lowest BCUT2D eigenvalue weighted by atomic mass is 9.81. The Morgan fingerprint density at radius 1 is 1.22 bits per heavy atom. The standard InChI is InChI=1S/C16H17F3O4/c17-16(18,19)12-3-1-2-11(7-12)15(20)21-8-10-4-5-13-14(6-10)23-9-22-13/h4-6,11-12H,1-3,7-9H2. The van der Waals surface area contributed by atoms with Crippen LogP contribution in [0.15, 0.2) is 18.2 Å². The van der Waals surface area contributed by atoms with Crippen LogP contribution < -0.4 is 9.47 Å². The fourth-order valence-corrected chi connectivity index (χ4v) is 3.00. The van der Waals surface area contributed by atoms with E-state index in [9.17, 15) is 18.0 Å². The van der Waals surface area contributed by atoms with Crippen molar-refractivity contribution in [2.75, 3.05) is 6.79 Å². The Hall–Kier alpha value is -1.92. The highest BCUT2D eigenvalue weighted by Gasteiger charge is 2.43. The number of rotatable bonds is 3. The molecule has 0 radical (unpaired) electrons. The van der Waals surface area contributed by atoms with Crippen LogP contribution in [0.25, 0.3) is 0 Å². The maximum absolute atomic E-state index is 12.8. The number of ether oxygens (including phenoxy) is 3. The maximum atomic E-state index is 12.8. The molecular formula is C16H17F3O4. The van der Waals surface area contributed by atoms with Crippen molar-refractivity contribution in [2.24, 2.45) is 11.8 Å². The maximum Gasteiger partial charge on any atom is 0.391 e. The van der Waals surface area contributed by atoms with Gasteiger partial charge in [-0.25, -0.2) is 0 Å². The van der Waals surface area contributed by atoms with Crippen molar-refractivity contribution in [3.05, 3.63) is 23.8 Å². The van der Waals surface area contributed by atoms with Crippen molar-refractivity contribution < 1.29 is 32.2 Å². The Bertz CT molecular complexity index is 585. The van der Waals surface area contributed by atoms with Crippen molar-refractivity contribution in [1.29, 1.82) is 0 Å². The highest BCUT2D eigenvalue weighted by molar-refractivity contribution is 5.72. The molecular weight excluding hydrogens is 313 g/mol. The van der Waals surface area contributed by atoms with E-state index in [0.717, 1.165) is 0 Å². The second-order valence-corrected chi connectivity index (χ2v) is 5.90. The highest BCUT2D eigenvalue weighted by Crippen LogP contribution is 2.40. The normalized spacial score (nSPS) is 23.6. The molecule has 1 aliphatic carbocycles. The Balaban J connectivity index is 1.55. The number of halogens is 3. The number of hydrogen-bond donors (Lipinski definition) is 0. The summed E-state index contributed by atoms with van der Waals surface area (Å²) in [5.74, 6) is -1.44. The van der Waals surface area contributed by atoms with Crippen molar-refractivity contribution in [3.63, 3.8) is 0 Å². The van der Waals surface area contributed by atoms with Crippen LogP contribution in [0.3, 0.4) is 0 Å². The molecule has 0 spiro atoms. The topological polar surface area (TPSA) is 44.8 Å². The molecule has 0 aromatic heterocycles. The molecule has 1 aromatic carbocycles. The SMILES string of the molecule is O=C(OCc1ccc2c(c1)OCO2)C1CCCC(C(F)(F)F)C1. The summed E-state index contributed by atoms with van der Waals surface area (Å²) in [4.78, 5) is 12.0. The van der Waals surface area contributed by atoms with Crippen LogP contribution in [0, 0.1) is 11.8 Å². The van der Waals surface area contributed by atoms with Crippen LogP contribution >= 0.6 is 0 Å². The van der Waals surface area contributed by atoms with E-state index in [4.69, 9.17) is 14.2 Å². The summed E-state index contributed by atoms with van der Waals surface area (Å²) in [5, 5.41) is 0. The zero-order chi connectivity index (χ0) is 16.4. The molecule has 4 nitrogen and oxygen atoms in total. The summed E-state index contributed by atoms with van der Waals surface area (Å²) >= 11 is 0. The average molecular weight is 330 g/mol. The molecule has 23 heavy (non-hydrogen) atoms. The number of esters is 1. The fraction of sp³-hybridized carbons (Fsp3) is 0.562. The number of fused-ring (bicyclic) bond motifs is 1. The van der Waals surface area contributed by atoms with E-state index in [1.165, 1.54) is 0 Å². The first-order valence-electron chi connectivity index (χ1n) is 7.55. The Morgan fingerprint density at radius 2 is 2.00 bits per heavy atom. The minimum absolute atomic E-state index is 0.0165. The van der Waals surface area contributed by atoms with Crippen LogP contribution in [-0.4, -0.2) is 18.9 Å². The first-order chi connectivity index (χ1) is 10.9. The summed E-state index contributed by atoms with van der Waals surface area (Å²) in [5.41, 5.74) is 0.714. The molecule has 3 rings (SSSR count). The molecule has 1 aromatic rings. The molecule has 0 amide bonds. The lowest BCUT2D eigenvalue weighted by molar-refractivity contribution is -0.189. The first kappa shape index (κ1) is 16.0.